The van der Waals surface area contributed by atoms with Gasteiger partial charge in [0.1, 0.15) is 11.4 Å². The molecule has 0 aromatic heterocycles. The van der Waals surface area contributed by atoms with Gasteiger partial charge in [-0.2, -0.15) is 5.26 Å². The summed E-state index contributed by atoms with van der Waals surface area (Å²) >= 11 is 0. The van der Waals surface area contributed by atoms with Gasteiger partial charge >= 0.3 is 6.09 Å². The van der Waals surface area contributed by atoms with Crippen LogP contribution in [0.5, 0.6) is 0 Å². The molecule has 0 radical (unpaired) electrons. The van der Waals surface area contributed by atoms with Crippen molar-refractivity contribution in [3.8, 4) is 6.07 Å². The number of hydrogen-bond donors (Lipinski definition) is 1. The first kappa shape index (κ1) is 17.1. The number of carbonyl (C=O) groups excluding carboxylic acids is 1. The SMILES string of the molecule is CC(C)(C)OC(=O)NC(CC#N)CN1CCc2cc(F)ccc21. The molecular formula is C17H22FN3O2. The van der Waals surface area contributed by atoms with Crippen molar-refractivity contribution in [3.63, 3.8) is 0 Å². The minimum atomic E-state index is -0.584. The van der Waals surface area contributed by atoms with Gasteiger partial charge < -0.3 is 15.0 Å². The largest absolute Gasteiger partial charge is 0.444 e. The van der Waals surface area contributed by atoms with Crippen LogP contribution in [0.3, 0.4) is 0 Å². The number of ether oxygens (including phenoxy) is 1. The Morgan fingerprint density at radius 3 is 2.91 bits per heavy atom. The number of anilines is 1. The molecule has 2 rings (SSSR count). The van der Waals surface area contributed by atoms with Gasteiger partial charge in [0.25, 0.3) is 0 Å². The monoisotopic (exact) mass is 319 g/mol. The smallest absolute Gasteiger partial charge is 0.407 e. The molecule has 1 aromatic carbocycles. The summed E-state index contributed by atoms with van der Waals surface area (Å²) in [6.07, 6.45) is 0.418. The van der Waals surface area contributed by atoms with E-state index in [0.717, 1.165) is 24.2 Å². The summed E-state index contributed by atoms with van der Waals surface area (Å²) in [7, 11) is 0. The molecule has 0 spiro atoms. The summed E-state index contributed by atoms with van der Waals surface area (Å²) in [5.41, 5.74) is 1.33. The molecule has 1 aliphatic heterocycles. The van der Waals surface area contributed by atoms with E-state index in [0.29, 0.717) is 6.54 Å². The lowest BCUT2D eigenvalue weighted by Crippen LogP contribution is -2.45. The number of halogens is 1. The van der Waals surface area contributed by atoms with Crippen LogP contribution in [0.2, 0.25) is 0 Å². The third kappa shape index (κ3) is 4.85. The highest BCUT2D eigenvalue weighted by atomic mass is 19.1. The highest BCUT2D eigenvalue weighted by Gasteiger charge is 2.25. The van der Waals surface area contributed by atoms with E-state index in [1.165, 1.54) is 12.1 Å². The van der Waals surface area contributed by atoms with Crippen molar-refractivity contribution in [2.75, 3.05) is 18.0 Å². The van der Waals surface area contributed by atoms with Crippen LogP contribution in [-0.2, 0) is 11.2 Å². The Kier molecular flexibility index (Phi) is 5.09. The molecule has 1 aliphatic rings. The van der Waals surface area contributed by atoms with Crippen molar-refractivity contribution >= 4 is 11.8 Å². The fraction of sp³-hybridized carbons (Fsp3) is 0.529. The average molecular weight is 319 g/mol. The highest BCUT2D eigenvalue weighted by Crippen LogP contribution is 2.28. The van der Waals surface area contributed by atoms with E-state index >= 15 is 0 Å². The van der Waals surface area contributed by atoms with Gasteiger partial charge in [-0.3, -0.25) is 0 Å². The first-order valence-electron chi connectivity index (χ1n) is 7.68. The Balaban J connectivity index is 2.01. The molecule has 1 amide bonds. The molecule has 1 atom stereocenters. The number of hydrogen-bond acceptors (Lipinski definition) is 4. The molecule has 1 unspecified atom stereocenters. The fourth-order valence-electron chi connectivity index (χ4n) is 2.64. The Hall–Kier alpha value is -2.29. The number of amides is 1. The molecule has 1 aromatic rings. The fourth-order valence-corrected chi connectivity index (χ4v) is 2.64. The maximum Gasteiger partial charge on any atom is 0.407 e. The van der Waals surface area contributed by atoms with E-state index in [1.807, 2.05) is 0 Å². The van der Waals surface area contributed by atoms with E-state index < -0.39 is 11.7 Å². The zero-order valence-electron chi connectivity index (χ0n) is 13.7. The Morgan fingerprint density at radius 2 is 2.26 bits per heavy atom. The molecule has 0 fully saturated rings. The van der Waals surface area contributed by atoms with Gasteiger partial charge in [-0.15, -0.1) is 0 Å². The number of nitrogens with one attached hydrogen (secondary N) is 1. The number of fused-ring (bicyclic) bond motifs is 1. The first-order valence-corrected chi connectivity index (χ1v) is 7.68. The second kappa shape index (κ2) is 6.86. The van der Waals surface area contributed by atoms with Crippen molar-refractivity contribution < 1.29 is 13.9 Å². The van der Waals surface area contributed by atoms with Crippen molar-refractivity contribution in [1.29, 1.82) is 5.26 Å². The van der Waals surface area contributed by atoms with Gasteiger partial charge in [0.15, 0.2) is 0 Å². The lowest BCUT2D eigenvalue weighted by Gasteiger charge is -2.27. The van der Waals surface area contributed by atoms with Gasteiger partial charge in [0.2, 0.25) is 0 Å². The van der Waals surface area contributed by atoms with E-state index in [2.05, 4.69) is 16.3 Å². The molecule has 1 heterocycles. The molecule has 0 saturated carbocycles. The Labute approximate surface area is 136 Å². The average Bonchev–Trinajstić information content (AvgIpc) is 2.79. The van der Waals surface area contributed by atoms with Crippen LogP contribution >= 0.6 is 0 Å². The maximum absolute atomic E-state index is 13.3. The van der Waals surface area contributed by atoms with Gasteiger partial charge in [0, 0.05) is 18.8 Å². The number of rotatable bonds is 4. The second-order valence-electron chi connectivity index (χ2n) is 6.67. The maximum atomic E-state index is 13.3. The summed E-state index contributed by atoms with van der Waals surface area (Å²) in [5.74, 6) is -0.244. The zero-order valence-corrected chi connectivity index (χ0v) is 13.7. The molecule has 1 N–H and O–H groups in total. The van der Waals surface area contributed by atoms with Gasteiger partial charge in [-0.05, 0) is 51.0 Å². The van der Waals surface area contributed by atoms with E-state index in [9.17, 15) is 9.18 Å². The summed E-state index contributed by atoms with van der Waals surface area (Å²) < 4.78 is 18.5. The molecule has 6 heteroatoms. The Bertz CT molecular complexity index is 619. The number of carbonyl (C=O) groups is 1. The van der Waals surface area contributed by atoms with Crippen LogP contribution in [0.1, 0.15) is 32.8 Å². The summed E-state index contributed by atoms with van der Waals surface area (Å²) in [6.45, 7) is 6.60. The number of nitrogens with zero attached hydrogens (tertiary/aromatic N) is 2. The molecule has 23 heavy (non-hydrogen) atoms. The molecule has 5 nitrogen and oxygen atoms in total. The lowest BCUT2D eigenvalue weighted by molar-refractivity contribution is 0.0506. The van der Waals surface area contributed by atoms with E-state index in [1.54, 1.807) is 26.8 Å². The predicted molar refractivity (Wildman–Crippen MR) is 85.7 cm³/mol. The zero-order chi connectivity index (χ0) is 17.0. The predicted octanol–water partition coefficient (Wildman–Crippen LogP) is 3.00. The first-order chi connectivity index (χ1) is 10.8. The number of benzene rings is 1. The van der Waals surface area contributed by atoms with Crippen LogP contribution in [-0.4, -0.2) is 30.8 Å². The van der Waals surface area contributed by atoms with Crippen molar-refractivity contribution in [2.24, 2.45) is 0 Å². The Morgan fingerprint density at radius 1 is 1.52 bits per heavy atom. The van der Waals surface area contributed by atoms with E-state index in [4.69, 9.17) is 10.00 Å². The van der Waals surface area contributed by atoms with Gasteiger partial charge in [0.05, 0.1) is 18.5 Å². The normalized spacial score (nSPS) is 14.8. The van der Waals surface area contributed by atoms with Crippen LogP contribution in [0.4, 0.5) is 14.9 Å². The topological polar surface area (TPSA) is 65.4 Å². The minimum absolute atomic E-state index is 0.187. The van der Waals surface area contributed by atoms with Crippen LogP contribution in [0.25, 0.3) is 0 Å². The third-order valence-electron chi connectivity index (χ3n) is 3.53. The molecular weight excluding hydrogens is 297 g/mol. The highest BCUT2D eigenvalue weighted by molar-refractivity contribution is 5.68. The summed E-state index contributed by atoms with van der Waals surface area (Å²) in [6, 6.07) is 6.45. The van der Waals surface area contributed by atoms with Gasteiger partial charge in [-0.1, -0.05) is 0 Å². The summed E-state index contributed by atoms with van der Waals surface area (Å²) in [4.78, 5) is 14.0. The van der Waals surface area contributed by atoms with Crippen LogP contribution < -0.4 is 10.2 Å². The molecule has 0 saturated heterocycles. The van der Waals surface area contributed by atoms with Crippen LogP contribution in [0, 0.1) is 17.1 Å². The molecule has 124 valence electrons. The van der Waals surface area contributed by atoms with Gasteiger partial charge in [-0.25, -0.2) is 9.18 Å². The van der Waals surface area contributed by atoms with Crippen LogP contribution in [0.15, 0.2) is 18.2 Å². The molecule has 0 bridgehead atoms. The van der Waals surface area contributed by atoms with Crippen molar-refractivity contribution in [3.05, 3.63) is 29.6 Å². The quantitative estimate of drug-likeness (QED) is 0.926. The van der Waals surface area contributed by atoms with Crippen molar-refractivity contribution in [2.45, 2.75) is 45.3 Å². The minimum Gasteiger partial charge on any atom is -0.444 e. The second-order valence-corrected chi connectivity index (χ2v) is 6.67. The van der Waals surface area contributed by atoms with Crippen molar-refractivity contribution in [1.82, 2.24) is 5.32 Å². The summed E-state index contributed by atoms with van der Waals surface area (Å²) in [5, 5.41) is 11.7. The third-order valence-corrected chi connectivity index (χ3v) is 3.53. The lowest BCUT2D eigenvalue weighted by atomic mass is 10.1. The number of alkyl carbamates (subject to hydrolysis) is 1. The number of nitriles is 1. The van der Waals surface area contributed by atoms with E-state index in [-0.39, 0.29) is 18.3 Å². The molecule has 0 aliphatic carbocycles. The standard InChI is InChI=1S/C17H22FN3O2/c1-17(2,3)23-16(22)20-14(6-8-19)11-21-9-7-12-10-13(18)4-5-15(12)21/h4-5,10,14H,6-7,9,11H2,1-3H3,(H,20,22).